The van der Waals surface area contributed by atoms with Crippen LogP contribution in [0.25, 0.3) is 5.69 Å². The normalized spacial score (nSPS) is 18.1. The van der Waals surface area contributed by atoms with Gasteiger partial charge in [-0.15, -0.1) is 11.3 Å². The summed E-state index contributed by atoms with van der Waals surface area (Å²) in [5.41, 5.74) is 1.54. The van der Waals surface area contributed by atoms with Crippen molar-refractivity contribution in [1.29, 1.82) is 5.26 Å². The first kappa shape index (κ1) is 18.7. The number of carbonyl (C=O) groups is 1. The first-order valence-electron chi connectivity index (χ1n) is 8.40. The molecule has 2 unspecified atom stereocenters. The molecule has 1 aliphatic rings. The second kappa shape index (κ2) is 7.40. The van der Waals surface area contributed by atoms with Crippen LogP contribution >= 0.6 is 35.2 Å². The van der Waals surface area contributed by atoms with Crippen LogP contribution in [0.15, 0.2) is 48.5 Å². The summed E-state index contributed by atoms with van der Waals surface area (Å²) in [6.45, 7) is 0. The van der Waals surface area contributed by atoms with E-state index >= 15 is 0 Å². The van der Waals surface area contributed by atoms with E-state index < -0.39 is 11.8 Å². The second-order valence-electron chi connectivity index (χ2n) is 6.21. The quantitative estimate of drug-likeness (QED) is 0.586. The topological polar surface area (TPSA) is 67.0 Å². The van der Waals surface area contributed by atoms with Gasteiger partial charge in [0.25, 0.3) is 0 Å². The Labute approximate surface area is 175 Å². The number of hydrogen-bond acceptors (Lipinski definition) is 5. The van der Waals surface area contributed by atoms with Crippen molar-refractivity contribution in [1.82, 2.24) is 4.57 Å². The number of anilines is 1. The lowest BCUT2D eigenvalue weighted by molar-refractivity contribution is -0.119. The number of carbonyl (C=O) groups excluding carboxylic acids is 1. The fourth-order valence-corrected chi connectivity index (χ4v) is 5.19. The predicted molar refractivity (Wildman–Crippen MR) is 112 cm³/mol. The van der Waals surface area contributed by atoms with Crippen LogP contribution in [0.2, 0.25) is 5.02 Å². The van der Waals surface area contributed by atoms with Crippen LogP contribution < -0.4 is 10.1 Å². The number of hydrogen-bond donors (Lipinski definition) is 1. The monoisotopic (exact) mass is 427 g/mol. The number of aromatic nitrogens is 1. The maximum absolute atomic E-state index is 12.7. The third-order valence-corrected chi connectivity index (χ3v) is 6.49. The Hall–Kier alpha value is -2.66. The summed E-state index contributed by atoms with van der Waals surface area (Å²) in [5, 5.41) is 13.0. The smallest absolute Gasteiger partial charge is 0.243 e. The Morgan fingerprint density at radius 2 is 1.96 bits per heavy atom. The van der Waals surface area contributed by atoms with E-state index in [0.29, 0.717) is 14.8 Å². The fraction of sp³-hybridized carbons (Fsp3) is 0.150. The summed E-state index contributed by atoms with van der Waals surface area (Å²) in [6, 6.07) is 16.8. The van der Waals surface area contributed by atoms with Gasteiger partial charge in [-0.3, -0.25) is 9.36 Å². The van der Waals surface area contributed by atoms with E-state index in [9.17, 15) is 10.1 Å². The van der Waals surface area contributed by atoms with Crippen molar-refractivity contribution in [3.05, 3.63) is 67.9 Å². The molecule has 0 spiro atoms. The lowest BCUT2D eigenvalue weighted by atomic mass is 9.83. The molecule has 1 N–H and O–H groups in total. The number of fused-ring (bicyclic) bond motifs is 1. The van der Waals surface area contributed by atoms with Crippen LogP contribution in [-0.4, -0.2) is 17.6 Å². The van der Waals surface area contributed by atoms with Gasteiger partial charge in [-0.25, -0.2) is 0 Å². The molecule has 28 heavy (non-hydrogen) atoms. The first-order chi connectivity index (χ1) is 13.5. The van der Waals surface area contributed by atoms with Gasteiger partial charge in [0.15, 0.2) is 3.95 Å². The van der Waals surface area contributed by atoms with Crippen molar-refractivity contribution in [3.63, 3.8) is 0 Å². The molecule has 2 heterocycles. The third kappa shape index (κ3) is 3.00. The van der Waals surface area contributed by atoms with Crippen LogP contribution in [0.1, 0.15) is 16.4 Å². The van der Waals surface area contributed by atoms with Crippen molar-refractivity contribution in [2.75, 3.05) is 12.4 Å². The number of ether oxygens (including phenoxy) is 1. The molecule has 2 atom stereocenters. The average Bonchev–Trinajstić information content (AvgIpc) is 3.03. The molecule has 0 fully saturated rings. The van der Waals surface area contributed by atoms with Crippen LogP contribution in [0.4, 0.5) is 5.82 Å². The first-order valence-corrected chi connectivity index (χ1v) is 10.0. The lowest BCUT2D eigenvalue weighted by Crippen LogP contribution is -2.33. The molecular formula is C20H14ClN3O2S2. The molecule has 0 bridgehead atoms. The molecule has 0 saturated heterocycles. The fourth-order valence-electron chi connectivity index (χ4n) is 3.36. The van der Waals surface area contributed by atoms with Crippen molar-refractivity contribution in [3.8, 4) is 17.5 Å². The molecule has 1 amide bonds. The van der Waals surface area contributed by atoms with Gasteiger partial charge in [0.05, 0.1) is 18.1 Å². The van der Waals surface area contributed by atoms with Crippen LogP contribution in [0.5, 0.6) is 5.75 Å². The number of amides is 1. The zero-order valence-electron chi connectivity index (χ0n) is 14.7. The Kier molecular flexibility index (Phi) is 4.94. The lowest BCUT2D eigenvalue weighted by Gasteiger charge is -2.28. The van der Waals surface area contributed by atoms with Gasteiger partial charge < -0.3 is 10.1 Å². The van der Waals surface area contributed by atoms with E-state index in [0.717, 1.165) is 21.9 Å². The Morgan fingerprint density at radius 1 is 1.25 bits per heavy atom. The minimum Gasteiger partial charge on any atom is -0.497 e. The molecule has 140 valence electrons. The molecular weight excluding hydrogens is 414 g/mol. The highest BCUT2D eigenvalue weighted by molar-refractivity contribution is 7.73. The van der Waals surface area contributed by atoms with Crippen molar-refractivity contribution >= 4 is 46.9 Å². The van der Waals surface area contributed by atoms with Gasteiger partial charge in [0.2, 0.25) is 5.91 Å². The molecule has 3 aromatic rings. The summed E-state index contributed by atoms with van der Waals surface area (Å²) in [7, 11) is 1.60. The minimum absolute atomic E-state index is 0.366. The molecule has 8 heteroatoms. The van der Waals surface area contributed by atoms with E-state index in [2.05, 4.69) is 11.4 Å². The number of nitrogens with one attached hydrogen (secondary N) is 1. The van der Waals surface area contributed by atoms with Crippen LogP contribution in [0.3, 0.4) is 0 Å². The number of rotatable bonds is 3. The summed E-state index contributed by atoms with van der Waals surface area (Å²) < 4.78 is 7.59. The third-order valence-electron chi connectivity index (χ3n) is 4.69. The zero-order valence-corrected chi connectivity index (χ0v) is 17.1. The van der Waals surface area contributed by atoms with Crippen molar-refractivity contribution in [2.45, 2.75) is 5.92 Å². The summed E-state index contributed by atoms with van der Waals surface area (Å²) in [6.07, 6.45) is 0. The Bertz CT molecular complexity index is 1160. The molecule has 1 aromatic heterocycles. The largest absolute Gasteiger partial charge is 0.497 e. The average molecular weight is 428 g/mol. The molecule has 0 saturated carbocycles. The number of nitriles is 1. The maximum Gasteiger partial charge on any atom is 0.243 e. The zero-order chi connectivity index (χ0) is 19.8. The number of halogens is 1. The SMILES string of the molecule is COc1ccc(-n2c3c(sc2=S)C(c2ccccc2Cl)C(C#N)C(=O)N3)cc1. The van der Waals surface area contributed by atoms with Crippen LogP contribution in [0, 0.1) is 21.2 Å². The molecule has 0 aliphatic carbocycles. The van der Waals surface area contributed by atoms with Gasteiger partial charge in [0, 0.05) is 16.6 Å². The molecule has 0 radical (unpaired) electrons. The van der Waals surface area contributed by atoms with E-state index in [1.807, 2.05) is 47.0 Å². The van der Waals surface area contributed by atoms with Crippen molar-refractivity contribution in [2.24, 2.45) is 5.92 Å². The summed E-state index contributed by atoms with van der Waals surface area (Å²) in [5.74, 6) is -0.420. The highest BCUT2D eigenvalue weighted by Crippen LogP contribution is 2.46. The second-order valence-corrected chi connectivity index (χ2v) is 8.29. The molecule has 1 aliphatic heterocycles. The van der Waals surface area contributed by atoms with Gasteiger partial charge in [0.1, 0.15) is 17.5 Å². The van der Waals surface area contributed by atoms with Crippen molar-refractivity contribution < 1.29 is 9.53 Å². The standard InChI is InChI=1S/C20H14ClN3O2S2/c1-26-12-8-6-11(7-9-12)24-18-17(28-20(24)27)16(14(10-22)19(25)23-18)13-4-2-3-5-15(13)21/h2-9,14,16H,1H3,(H,23,25). The predicted octanol–water partition coefficient (Wildman–Crippen LogP) is 5.15. The number of thiazole rings is 1. The summed E-state index contributed by atoms with van der Waals surface area (Å²) >= 11 is 13.4. The number of methoxy groups -OCH3 is 1. The van der Waals surface area contributed by atoms with Crippen LogP contribution in [-0.2, 0) is 4.79 Å². The van der Waals surface area contributed by atoms with E-state index in [4.69, 9.17) is 28.6 Å². The number of nitrogens with zero attached hydrogens (tertiary/aromatic N) is 2. The minimum atomic E-state index is -0.884. The Balaban J connectivity index is 1.93. The number of benzene rings is 2. The van der Waals surface area contributed by atoms with E-state index in [-0.39, 0.29) is 5.91 Å². The molecule has 4 rings (SSSR count). The Morgan fingerprint density at radius 3 is 2.61 bits per heavy atom. The highest BCUT2D eigenvalue weighted by Gasteiger charge is 2.41. The van der Waals surface area contributed by atoms with Gasteiger partial charge in [-0.2, -0.15) is 5.26 Å². The van der Waals surface area contributed by atoms with Gasteiger partial charge in [-0.1, -0.05) is 29.8 Å². The van der Waals surface area contributed by atoms with Gasteiger partial charge in [-0.05, 0) is 48.1 Å². The maximum atomic E-state index is 12.7. The molecule has 5 nitrogen and oxygen atoms in total. The summed E-state index contributed by atoms with van der Waals surface area (Å²) in [4.78, 5) is 13.6. The van der Waals surface area contributed by atoms with E-state index in [1.165, 1.54) is 11.3 Å². The highest BCUT2D eigenvalue weighted by atomic mass is 35.5. The van der Waals surface area contributed by atoms with Gasteiger partial charge >= 0.3 is 0 Å². The van der Waals surface area contributed by atoms with E-state index in [1.54, 1.807) is 13.2 Å². The molecule has 2 aromatic carbocycles.